The molecule has 1 aliphatic rings. The number of para-hydroxylation sites is 1. The first-order valence-corrected chi connectivity index (χ1v) is 10.2. The van der Waals surface area contributed by atoms with Gasteiger partial charge in [0.15, 0.2) is 9.84 Å². The summed E-state index contributed by atoms with van der Waals surface area (Å²) in [5.41, 5.74) is -0.335. The monoisotopic (exact) mass is 396 g/mol. The van der Waals surface area contributed by atoms with Crippen LogP contribution in [-0.2, 0) is 9.84 Å². The molecule has 1 fully saturated rings. The second-order valence-electron chi connectivity index (χ2n) is 6.16. The molecule has 0 aliphatic carbocycles. The molecule has 1 unspecified atom stereocenters. The number of sulfone groups is 1. The fraction of sp³-hybridized carbons (Fsp3) is 0.353. The number of benzene rings is 1. The molecule has 1 N–H and O–H groups in total. The smallest absolute Gasteiger partial charge is 0.274 e. The van der Waals surface area contributed by atoms with E-state index in [0.29, 0.717) is 13.0 Å². The third-order valence-corrected chi connectivity index (χ3v) is 6.09. The lowest BCUT2D eigenvalue weighted by molar-refractivity contribution is 0.0702. The van der Waals surface area contributed by atoms with Crippen LogP contribution in [0.15, 0.2) is 30.6 Å². The lowest BCUT2D eigenvalue weighted by Crippen LogP contribution is -2.41. The van der Waals surface area contributed by atoms with Crippen molar-refractivity contribution in [3.63, 3.8) is 0 Å². The van der Waals surface area contributed by atoms with Crippen molar-refractivity contribution in [1.82, 2.24) is 14.9 Å². The average molecular weight is 396 g/mol. The summed E-state index contributed by atoms with van der Waals surface area (Å²) in [5, 5.41) is 2.49. The largest absolute Gasteiger partial charge is 0.334 e. The van der Waals surface area contributed by atoms with Gasteiger partial charge in [-0.3, -0.25) is 4.79 Å². The van der Waals surface area contributed by atoms with Gasteiger partial charge in [0.1, 0.15) is 28.8 Å². The van der Waals surface area contributed by atoms with Crippen molar-refractivity contribution in [1.29, 1.82) is 0 Å². The maximum absolute atomic E-state index is 13.7. The number of carbonyl (C=O) groups excluding carboxylic acids is 1. The van der Waals surface area contributed by atoms with Gasteiger partial charge < -0.3 is 10.2 Å². The van der Waals surface area contributed by atoms with Crippen LogP contribution in [0.1, 0.15) is 23.8 Å². The Labute approximate surface area is 155 Å². The van der Waals surface area contributed by atoms with E-state index in [1.807, 2.05) is 0 Å². The van der Waals surface area contributed by atoms with Gasteiger partial charge in [-0.1, -0.05) is 6.07 Å². The van der Waals surface area contributed by atoms with Crippen LogP contribution in [0.3, 0.4) is 0 Å². The summed E-state index contributed by atoms with van der Waals surface area (Å²) >= 11 is 0. The summed E-state index contributed by atoms with van der Waals surface area (Å²) in [6.45, 7) is 2.09. The highest BCUT2D eigenvalue weighted by molar-refractivity contribution is 7.91. The zero-order valence-corrected chi connectivity index (χ0v) is 15.3. The minimum Gasteiger partial charge on any atom is -0.334 e. The predicted molar refractivity (Wildman–Crippen MR) is 95.4 cm³/mol. The quantitative estimate of drug-likeness (QED) is 0.833. The number of anilines is 2. The molecule has 1 saturated heterocycles. The first kappa shape index (κ1) is 19.2. The van der Waals surface area contributed by atoms with E-state index in [0.717, 1.165) is 12.1 Å². The number of rotatable bonds is 5. The molecule has 3 rings (SSSR count). The van der Waals surface area contributed by atoms with Crippen LogP contribution in [-0.4, -0.2) is 53.3 Å². The average Bonchev–Trinajstić information content (AvgIpc) is 2.99. The number of nitrogens with one attached hydrogen (secondary N) is 1. The van der Waals surface area contributed by atoms with E-state index >= 15 is 0 Å². The van der Waals surface area contributed by atoms with Gasteiger partial charge >= 0.3 is 0 Å². The molecule has 0 bridgehead atoms. The maximum atomic E-state index is 13.7. The Bertz CT molecular complexity index is 931. The third-order valence-electron chi connectivity index (χ3n) is 4.34. The molecule has 1 atom stereocenters. The van der Waals surface area contributed by atoms with Crippen molar-refractivity contribution in [3.05, 3.63) is 47.9 Å². The van der Waals surface area contributed by atoms with Gasteiger partial charge in [0, 0.05) is 12.6 Å². The minimum atomic E-state index is -3.13. The lowest BCUT2D eigenvalue weighted by atomic mass is 10.2. The van der Waals surface area contributed by atoms with Crippen LogP contribution >= 0.6 is 0 Å². The van der Waals surface area contributed by atoms with Gasteiger partial charge in [0.05, 0.1) is 23.9 Å². The molecule has 0 saturated carbocycles. The summed E-state index contributed by atoms with van der Waals surface area (Å²) in [5.74, 6) is -1.93. The first-order chi connectivity index (χ1) is 12.8. The van der Waals surface area contributed by atoms with Gasteiger partial charge in [0.2, 0.25) is 0 Å². The first-order valence-electron chi connectivity index (χ1n) is 8.35. The number of amides is 1. The summed E-state index contributed by atoms with van der Waals surface area (Å²) in [7, 11) is -3.13. The zero-order valence-electron chi connectivity index (χ0n) is 14.5. The van der Waals surface area contributed by atoms with Crippen LogP contribution < -0.4 is 5.32 Å². The second-order valence-corrected chi connectivity index (χ2v) is 8.39. The predicted octanol–water partition coefficient (Wildman–Crippen LogP) is 2.15. The van der Waals surface area contributed by atoms with Crippen LogP contribution in [0, 0.1) is 11.6 Å². The summed E-state index contributed by atoms with van der Waals surface area (Å²) in [6.07, 6.45) is 2.77. The maximum Gasteiger partial charge on any atom is 0.274 e. The highest BCUT2D eigenvalue weighted by Gasteiger charge is 2.34. The van der Waals surface area contributed by atoms with E-state index in [9.17, 15) is 22.0 Å². The Morgan fingerprint density at radius 1 is 1.26 bits per heavy atom. The summed E-state index contributed by atoms with van der Waals surface area (Å²) in [4.78, 5) is 22.1. The Morgan fingerprint density at radius 2 is 1.96 bits per heavy atom. The van der Waals surface area contributed by atoms with Crippen LogP contribution in [0.4, 0.5) is 20.3 Å². The Kier molecular flexibility index (Phi) is 5.36. The molecule has 0 radical (unpaired) electrons. The molecule has 1 aliphatic heterocycles. The molecule has 0 spiro atoms. The molecule has 1 aromatic carbocycles. The molecule has 27 heavy (non-hydrogen) atoms. The van der Waals surface area contributed by atoms with E-state index in [-0.39, 0.29) is 34.7 Å². The van der Waals surface area contributed by atoms with Gasteiger partial charge in [-0.2, -0.15) is 0 Å². The van der Waals surface area contributed by atoms with Crippen molar-refractivity contribution in [2.45, 2.75) is 19.4 Å². The topological polar surface area (TPSA) is 92.3 Å². The highest BCUT2D eigenvalue weighted by atomic mass is 32.2. The fourth-order valence-corrected chi connectivity index (χ4v) is 4.72. The minimum absolute atomic E-state index is 0.0284. The highest BCUT2D eigenvalue weighted by Crippen LogP contribution is 2.22. The number of halogens is 2. The van der Waals surface area contributed by atoms with Crippen molar-refractivity contribution >= 4 is 27.2 Å². The molecular formula is C17H18F2N4O3S. The Hall–Kier alpha value is -2.62. The van der Waals surface area contributed by atoms with Crippen molar-refractivity contribution < 1.29 is 22.0 Å². The second kappa shape index (κ2) is 7.55. The standard InChI is InChI=1S/C17H18F2N4O3S/c1-2-23(11-6-7-27(25,26)10-11)17(24)14-8-21-15(9-20-14)22-16-12(18)4-3-5-13(16)19/h3-5,8-9,11H,2,6-7,10H2,1H3,(H,21,22). The molecule has 2 aromatic rings. The van der Waals surface area contributed by atoms with Gasteiger partial charge in [0.25, 0.3) is 5.91 Å². The molecule has 144 valence electrons. The van der Waals surface area contributed by atoms with E-state index in [1.54, 1.807) is 6.92 Å². The van der Waals surface area contributed by atoms with E-state index in [2.05, 4.69) is 15.3 Å². The molecule has 10 heteroatoms. The summed E-state index contributed by atoms with van der Waals surface area (Å²) < 4.78 is 50.7. The number of hydrogen-bond donors (Lipinski definition) is 1. The fourth-order valence-electron chi connectivity index (χ4n) is 2.98. The van der Waals surface area contributed by atoms with E-state index in [4.69, 9.17) is 0 Å². The number of carbonyl (C=O) groups is 1. The molecular weight excluding hydrogens is 378 g/mol. The van der Waals surface area contributed by atoms with Crippen LogP contribution in [0.25, 0.3) is 0 Å². The number of aromatic nitrogens is 2. The van der Waals surface area contributed by atoms with Crippen molar-refractivity contribution in [3.8, 4) is 0 Å². The normalized spacial score (nSPS) is 18.3. The number of nitrogens with zero attached hydrogens (tertiary/aromatic N) is 3. The Balaban J connectivity index is 1.75. The number of hydrogen-bond acceptors (Lipinski definition) is 6. The van der Waals surface area contributed by atoms with Gasteiger partial charge in [-0.25, -0.2) is 27.2 Å². The molecule has 2 heterocycles. The van der Waals surface area contributed by atoms with E-state index in [1.165, 1.54) is 23.4 Å². The van der Waals surface area contributed by atoms with Gasteiger partial charge in [-0.05, 0) is 25.5 Å². The molecule has 7 nitrogen and oxygen atoms in total. The van der Waals surface area contributed by atoms with Crippen LogP contribution in [0.2, 0.25) is 0 Å². The zero-order chi connectivity index (χ0) is 19.6. The lowest BCUT2D eigenvalue weighted by Gasteiger charge is -2.26. The third kappa shape index (κ3) is 4.21. The SMILES string of the molecule is CCN(C(=O)c1cnc(Nc2c(F)cccc2F)cn1)C1CCS(=O)(=O)C1. The van der Waals surface area contributed by atoms with E-state index < -0.39 is 27.4 Å². The molecule has 1 amide bonds. The molecule has 1 aromatic heterocycles. The van der Waals surface area contributed by atoms with Crippen molar-refractivity contribution in [2.75, 3.05) is 23.4 Å². The van der Waals surface area contributed by atoms with Crippen LogP contribution in [0.5, 0.6) is 0 Å². The Morgan fingerprint density at radius 3 is 2.48 bits per heavy atom. The summed E-state index contributed by atoms with van der Waals surface area (Å²) in [6, 6.07) is 3.06. The van der Waals surface area contributed by atoms with Crippen molar-refractivity contribution in [2.24, 2.45) is 0 Å². The van der Waals surface area contributed by atoms with Gasteiger partial charge in [-0.15, -0.1) is 0 Å².